The van der Waals surface area contributed by atoms with Gasteiger partial charge in [0.2, 0.25) is 11.8 Å². The van der Waals surface area contributed by atoms with Crippen molar-refractivity contribution in [2.24, 2.45) is 11.8 Å². The number of ketones is 1. The van der Waals surface area contributed by atoms with Crippen LogP contribution >= 0.6 is 23.2 Å². The Morgan fingerprint density at radius 3 is 2.54 bits per heavy atom. The third-order valence-electron chi connectivity index (χ3n) is 9.10. The number of amides is 2. The molecule has 4 aliphatic rings. The van der Waals surface area contributed by atoms with Crippen LogP contribution in [0.15, 0.2) is 60.7 Å². The van der Waals surface area contributed by atoms with E-state index in [9.17, 15) is 19.5 Å². The molecule has 7 nitrogen and oxygen atoms in total. The molecule has 41 heavy (non-hydrogen) atoms. The lowest BCUT2D eigenvalue weighted by atomic mass is 9.71. The molecule has 2 amide bonds. The monoisotopic (exact) mass is 593 g/mol. The Balaban J connectivity index is 1.41. The quantitative estimate of drug-likeness (QED) is 0.393. The van der Waals surface area contributed by atoms with Crippen LogP contribution in [0, 0.1) is 17.7 Å². The third-order valence-corrected chi connectivity index (χ3v) is 9.62. The Bertz CT molecular complexity index is 1610. The van der Waals surface area contributed by atoms with Crippen LogP contribution in [-0.2, 0) is 15.1 Å². The normalized spacial score (nSPS) is 26.9. The predicted octanol–water partition coefficient (Wildman–Crippen LogP) is 5.00. The molecule has 2 N–H and O–H groups in total. The zero-order chi connectivity index (χ0) is 28.6. The van der Waals surface area contributed by atoms with E-state index in [1.807, 2.05) is 6.07 Å². The van der Waals surface area contributed by atoms with Crippen molar-refractivity contribution in [3.8, 4) is 0 Å². The molecule has 7 rings (SSSR count). The number of rotatable bonds is 6. The lowest BCUT2D eigenvalue weighted by Crippen LogP contribution is -2.54. The lowest BCUT2D eigenvalue weighted by molar-refractivity contribution is -0.128. The Hall–Kier alpha value is -3.30. The topological polar surface area (TPSA) is 90.0 Å². The summed E-state index contributed by atoms with van der Waals surface area (Å²) in [5, 5.41) is 12.6. The van der Waals surface area contributed by atoms with Gasteiger partial charge in [0.1, 0.15) is 18.0 Å². The summed E-state index contributed by atoms with van der Waals surface area (Å²) in [5.74, 6) is -2.82. The number of carbonyl (C=O) groups is 3. The number of nitrogens with one attached hydrogen (secondary N) is 1. The molecule has 3 heterocycles. The number of halogens is 3. The minimum Gasteiger partial charge on any atom is -0.388 e. The number of hydrogen-bond acceptors (Lipinski definition) is 5. The highest BCUT2D eigenvalue weighted by Gasteiger charge is 2.71. The summed E-state index contributed by atoms with van der Waals surface area (Å²) in [6.45, 7) is 0.270. The SMILES string of the molecule is O=C(CO)c1ccc(N2C[C@@H]3[C@@H](C2=O)[C@H](c2cccc(Cl)c2F)[C@@]2(C(=O)Nc4cc(Cl)ccc42)N3CC2CC2)cc1. The number of carbonyl (C=O) groups excluding carboxylic acids is 3. The van der Waals surface area contributed by atoms with Gasteiger partial charge < -0.3 is 15.3 Å². The summed E-state index contributed by atoms with van der Waals surface area (Å²) < 4.78 is 15.9. The Morgan fingerprint density at radius 2 is 1.83 bits per heavy atom. The standard InChI is InChI=1S/C31H26Cl2FN3O4/c32-18-8-11-21-23(12-18)35-30(41)31(21)27(20-2-1-3-22(33)28(20)34)26-24(37(31)13-16-4-5-16)14-36(29(26)40)19-9-6-17(7-10-19)25(39)15-38/h1-3,6-12,16,24,26-27,38H,4-5,13-15H2,(H,35,41)/t24-,26-,27+,31+/m1/s1. The summed E-state index contributed by atoms with van der Waals surface area (Å²) in [5.41, 5.74) is 1.06. The number of nitrogens with zero attached hydrogens (tertiary/aromatic N) is 2. The number of Topliss-reactive ketones (excluding diaryl/α,β-unsaturated/α-hetero) is 1. The first kappa shape index (κ1) is 26.6. The molecule has 0 aromatic heterocycles. The number of anilines is 2. The smallest absolute Gasteiger partial charge is 0.250 e. The second-order valence-electron chi connectivity index (χ2n) is 11.3. The van der Waals surface area contributed by atoms with E-state index in [1.54, 1.807) is 53.4 Å². The summed E-state index contributed by atoms with van der Waals surface area (Å²) in [6.07, 6.45) is 2.04. The van der Waals surface area contributed by atoms with Gasteiger partial charge in [-0.3, -0.25) is 19.3 Å². The van der Waals surface area contributed by atoms with Crippen LogP contribution in [0.4, 0.5) is 15.8 Å². The highest BCUT2D eigenvalue weighted by atomic mass is 35.5. The largest absolute Gasteiger partial charge is 0.388 e. The first-order valence-corrected chi connectivity index (χ1v) is 14.4. The molecule has 210 valence electrons. The van der Waals surface area contributed by atoms with Gasteiger partial charge in [0, 0.05) is 52.6 Å². The first-order valence-electron chi connectivity index (χ1n) is 13.6. The van der Waals surface area contributed by atoms with Gasteiger partial charge in [-0.05, 0) is 66.8 Å². The number of hydrogen-bond donors (Lipinski definition) is 2. The highest BCUT2D eigenvalue weighted by molar-refractivity contribution is 6.31. The number of aliphatic hydroxyl groups is 1. The molecule has 1 aliphatic carbocycles. The molecule has 3 aliphatic heterocycles. The summed E-state index contributed by atoms with van der Waals surface area (Å²) >= 11 is 12.6. The highest BCUT2D eigenvalue weighted by Crippen LogP contribution is 2.62. The average molecular weight is 594 g/mol. The van der Waals surface area contributed by atoms with Crippen molar-refractivity contribution >= 4 is 52.2 Å². The molecular weight excluding hydrogens is 568 g/mol. The minimum atomic E-state index is -1.33. The average Bonchev–Trinajstić information content (AvgIpc) is 3.59. The maximum atomic E-state index is 15.9. The van der Waals surface area contributed by atoms with Crippen molar-refractivity contribution in [2.45, 2.75) is 30.3 Å². The third kappa shape index (κ3) is 3.88. The van der Waals surface area contributed by atoms with Crippen molar-refractivity contribution in [3.63, 3.8) is 0 Å². The molecule has 0 unspecified atom stereocenters. The fourth-order valence-electron chi connectivity index (χ4n) is 7.17. The number of aliphatic hydroxyl groups excluding tert-OH is 1. The van der Waals surface area contributed by atoms with E-state index in [4.69, 9.17) is 23.2 Å². The lowest BCUT2D eigenvalue weighted by Gasteiger charge is -2.41. The van der Waals surface area contributed by atoms with Crippen LogP contribution in [-0.4, -0.2) is 53.3 Å². The molecule has 2 saturated heterocycles. The zero-order valence-electron chi connectivity index (χ0n) is 21.8. The second-order valence-corrected chi connectivity index (χ2v) is 12.1. The Kier molecular flexibility index (Phi) is 6.24. The summed E-state index contributed by atoms with van der Waals surface area (Å²) in [4.78, 5) is 44.4. The first-order chi connectivity index (χ1) is 19.7. The van der Waals surface area contributed by atoms with Gasteiger partial charge in [-0.25, -0.2) is 4.39 Å². The molecule has 3 aromatic carbocycles. The van der Waals surface area contributed by atoms with Crippen LogP contribution < -0.4 is 10.2 Å². The van der Waals surface area contributed by atoms with Gasteiger partial charge in [-0.2, -0.15) is 0 Å². The molecule has 1 saturated carbocycles. The molecule has 10 heteroatoms. The maximum absolute atomic E-state index is 15.9. The fourth-order valence-corrected chi connectivity index (χ4v) is 7.52. The Morgan fingerprint density at radius 1 is 1.07 bits per heavy atom. The van der Waals surface area contributed by atoms with Crippen LogP contribution in [0.5, 0.6) is 0 Å². The van der Waals surface area contributed by atoms with Crippen LogP contribution in [0.3, 0.4) is 0 Å². The van der Waals surface area contributed by atoms with Gasteiger partial charge >= 0.3 is 0 Å². The molecule has 0 radical (unpaired) electrons. The second kappa shape index (κ2) is 9.63. The van der Waals surface area contributed by atoms with Crippen molar-refractivity contribution in [3.05, 3.63) is 93.2 Å². The van der Waals surface area contributed by atoms with Gasteiger partial charge in [-0.15, -0.1) is 0 Å². The fraction of sp³-hybridized carbons (Fsp3) is 0.323. The van der Waals surface area contributed by atoms with Gasteiger partial charge in [0.15, 0.2) is 5.78 Å². The molecule has 3 fully saturated rings. The predicted molar refractivity (Wildman–Crippen MR) is 153 cm³/mol. The van der Waals surface area contributed by atoms with Crippen molar-refractivity contribution in [1.82, 2.24) is 4.90 Å². The van der Waals surface area contributed by atoms with Gasteiger partial charge in [-0.1, -0.05) is 41.4 Å². The van der Waals surface area contributed by atoms with E-state index in [1.165, 1.54) is 6.07 Å². The number of likely N-dealkylation sites (tertiary alicyclic amines) is 1. The number of benzene rings is 3. The van der Waals surface area contributed by atoms with Gasteiger partial charge in [0.05, 0.1) is 10.9 Å². The van der Waals surface area contributed by atoms with Crippen molar-refractivity contribution in [2.75, 3.05) is 29.9 Å². The van der Waals surface area contributed by atoms with E-state index in [0.717, 1.165) is 12.8 Å². The maximum Gasteiger partial charge on any atom is 0.250 e. The van der Waals surface area contributed by atoms with E-state index < -0.39 is 41.6 Å². The Labute approximate surface area is 245 Å². The van der Waals surface area contributed by atoms with Crippen LogP contribution in [0.25, 0.3) is 0 Å². The number of fused-ring (bicyclic) bond motifs is 3. The van der Waals surface area contributed by atoms with E-state index in [2.05, 4.69) is 10.2 Å². The summed E-state index contributed by atoms with van der Waals surface area (Å²) in [6, 6.07) is 16.1. The zero-order valence-corrected chi connectivity index (χ0v) is 23.3. The van der Waals surface area contributed by atoms with E-state index in [-0.39, 0.29) is 22.4 Å². The molecular formula is C31H26Cl2FN3O4. The van der Waals surface area contributed by atoms with E-state index >= 15 is 4.39 Å². The molecule has 3 aromatic rings. The van der Waals surface area contributed by atoms with Crippen molar-refractivity contribution in [1.29, 1.82) is 0 Å². The molecule has 1 spiro atoms. The van der Waals surface area contributed by atoms with Crippen molar-refractivity contribution < 1.29 is 23.9 Å². The molecule has 4 atom stereocenters. The van der Waals surface area contributed by atoms with Crippen LogP contribution in [0.1, 0.15) is 40.2 Å². The van der Waals surface area contributed by atoms with Gasteiger partial charge in [0.25, 0.3) is 0 Å². The van der Waals surface area contributed by atoms with Crippen LogP contribution in [0.2, 0.25) is 10.0 Å². The van der Waals surface area contributed by atoms with E-state index in [0.29, 0.717) is 46.5 Å². The summed E-state index contributed by atoms with van der Waals surface area (Å²) in [7, 11) is 0. The minimum absolute atomic E-state index is 0.0731. The molecule has 0 bridgehead atoms.